The van der Waals surface area contributed by atoms with Crippen molar-refractivity contribution in [2.75, 3.05) is 42.6 Å². The van der Waals surface area contributed by atoms with Gasteiger partial charge in [-0.25, -0.2) is 15.0 Å². The number of anilines is 1. The highest BCUT2D eigenvalue weighted by Gasteiger charge is 2.25. The zero-order valence-corrected chi connectivity index (χ0v) is 13.5. The van der Waals surface area contributed by atoms with Gasteiger partial charge in [0.15, 0.2) is 5.65 Å². The molecule has 2 aromatic rings. The molecule has 0 aromatic carbocycles. The first-order valence-electron chi connectivity index (χ1n) is 8.04. The van der Waals surface area contributed by atoms with Crippen LogP contribution in [-0.2, 0) is 0 Å². The molecule has 116 valence electrons. The van der Waals surface area contributed by atoms with E-state index < -0.39 is 0 Å². The van der Waals surface area contributed by atoms with Crippen molar-refractivity contribution in [3.63, 3.8) is 0 Å². The van der Waals surface area contributed by atoms with E-state index in [9.17, 15) is 0 Å². The molecule has 2 aromatic heterocycles. The lowest BCUT2D eigenvalue weighted by Gasteiger charge is -2.27. The number of hydrogen-bond donors (Lipinski definition) is 0. The fraction of sp³-hybridized carbons (Fsp3) is 0.562. The molecule has 0 amide bonds. The van der Waals surface area contributed by atoms with Gasteiger partial charge in [0.2, 0.25) is 0 Å². The summed E-state index contributed by atoms with van der Waals surface area (Å²) in [5.74, 6) is 3.67. The van der Waals surface area contributed by atoms with Crippen molar-refractivity contribution in [1.29, 1.82) is 0 Å². The van der Waals surface area contributed by atoms with E-state index in [1.54, 1.807) is 12.5 Å². The van der Waals surface area contributed by atoms with E-state index >= 15 is 0 Å². The van der Waals surface area contributed by atoms with Crippen LogP contribution < -0.4 is 4.90 Å². The molecule has 0 bridgehead atoms. The minimum atomic E-state index is 0.786. The second-order valence-electron chi connectivity index (χ2n) is 5.97. The second-order valence-corrected chi connectivity index (χ2v) is 7.12. The Morgan fingerprint density at radius 2 is 2.09 bits per heavy atom. The first-order chi connectivity index (χ1) is 10.9. The van der Waals surface area contributed by atoms with Gasteiger partial charge in [0.25, 0.3) is 0 Å². The first kappa shape index (κ1) is 14.2. The molecule has 6 heteroatoms. The molecule has 1 unspecified atom stereocenters. The molecular weight excluding hydrogens is 294 g/mol. The van der Waals surface area contributed by atoms with Gasteiger partial charge in [-0.05, 0) is 30.7 Å². The second kappa shape index (κ2) is 6.38. The number of aromatic nitrogens is 3. The topological polar surface area (TPSA) is 45.2 Å². The quantitative estimate of drug-likeness (QED) is 0.845. The molecule has 4 rings (SSSR count). The molecule has 0 aliphatic carbocycles. The molecule has 2 fully saturated rings. The monoisotopic (exact) mass is 315 g/mol. The van der Waals surface area contributed by atoms with Crippen molar-refractivity contribution in [1.82, 2.24) is 19.9 Å². The van der Waals surface area contributed by atoms with Crippen LogP contribution in [0.2, 0.25) is 0 Å². The molecule has 0 spiro atoms. The Bertz CT molecular complexity index is 638. The van der Waals surface area contributed by atoms with Gasteiger partial charge in [-0.15, -0.1) is 0 Å². The summed E-state index contributed by atoms with van der Waals surface area (Å²) in [4.78, 5) is 18.3. The van der Waals surface area contributed by atoms with Crippen molar-refractivity contribution in [2.24, 2.45) is 0 Å². The third-order valence-corrected chi connectivity index (χ3v) is 5.78. The molecule has 0 radical (unpaired) electrons. The van der Waals surface area contributed by atoms with Crippen molar-refractivity contribution in [3.05, 3.63) is 24.7 Å². The van der Waals surface area contributed by atoms with Crippen molar-refractivity contribution in [2.45, 2.75) is 18.9 Å². The van der Waals surface area contributed by atoms with Crippen LogP contribution in [0.3, 0.4) is 0 Å². The highest BCUT2D eigenvalue weighted by molar-refractivity contribution is 7.99. The molecule has 2 saturated heterocycles. The number of hydrogen-bond acceptors (Lipinski definition) is 6. The fourth-order valence-corrected chi connectivity index (χ4v) is 4.71. The highest BCUT2D eigenvalue weighted by atomic mass is 32.2. The predicted molar refractivity (Wildman–Crippen MR) is 91.5 cm³/mol. The van der Waals surface area contributed by atoms with Gasteiger partial charge in [-0.2, -0.15) is 11.8 Å². The number of rotatable bonds is 2. The van der Waals surface area contributed by atoms with Gasteiger partial charge < -0.3 is 4.90 Å². The van der Waals surface area contributed by atoms with Crippen LogP contribution in [0.25, 0.3) is 11.0 Å². The van der Waals surface area contributed by atoms with Gasteiger partial charge in [-0.1, -0.05) is 0 Å². The summed E-state index contributed by atoms with van der Waals surface area (Å²) >= 11 is 2.10. The molecule has 2 aliphatic rings. The summed E-state index contributed by atoms with van der Waals surface area (Å²) in [6.07, 6.45) is 5.99. The summed E-state index contributed by atoms with van der Waals surface area (Å²) < 4.78 is 0. The Labute approximate surface area is 135 Å². The Kier molecular flexibility index (Phi) is 4.12. The Hall–Kier alpha value is -1.40. The van der Waals surface area contributed by atoms with Gasteiger partial charge in [-0.3, -0.25) is 4.90 Å². The molecule has 1 atom stereocenters. The molecule has 5 nitrogen and oxygen atoms in total. The van der Waals surface area contributed by atoms with Crippen LogP contribution in [-0.4, -0.2) is 63.6 Å². The number of fused-ring (bicyclic) bond motifs is 1. The van der Waals surface area contributed by atoms with Crippen LogP contribution in [0.15, 0.2) is 24.7 Å². The largest absolute Gasteiger partial charge is 0.355 e. The smallest absolute Gasteiger partial charge is 0.164 e. The number of thioether (sulfide) groups is 1. The summed E-state index contributed by atoms with van der Waals surface area (Å²) in [6.45, 7) is 4.46. The zero-order valence-electron chi connectivity index (χ0n) is 12.7. The van der Waals surface area contributed by atoms with E-state index in [-0.39, 0.29) is 0 Å². The van der Waals surface area contributed by atoms with Gasteiger partial charge in [0, 0.05) is 44.2 Å². The average molecular weight is 315 g/mol. The van der Waals surface area contributed by atoms with Gasteiger partial charge in [0.1, 0.15) is 12.1 Å². The van der Waals surface area contributed by atoms with Crippen LogP contribution in [0.4, 0.5) is 5.82 Å². The molecule has 2 aliphatic heterocycles. The highest BCUT2D eigenvalue weighted by Crippen LogP contribution is 2.26. The Morgan fingerprint density at radius 3 is 3.00 bits per heavy atom. The summed E-state index contributed by atoms with van der Waals surface area (Å²) in [5, 5.41) is 1.06. The summed E-state index contributed by atoms with van der Waals surface area (Å²) in [7, 11) is 0. The van der Waals surface area contributed by atoms with Crippen LogP contribution in [0, 0.1) is 0 Å². The molecule has 0 N–H and O–H groups in total. The lowest BCUT2D eigenvalue weighted by Crippen LogP contribution is -2.38. The molecular formula is C16H21N5S. The molecule has 0 saturated carbocycles. The summed E-state index contributed by atoms with van der Waals surface area (Å²) in [6, 6.07) is 4.83. The van der Waals surface area contributed by atoms with E-state index in [0.717, 1.165) is 42.5 Å². The Morgan fingerprint density at radius 1 is 1.09 bits per heavy atom. The van der Waals surface area contributed by atoms with E-state index in [0.29, 0.717) is 0 Å². The maximum absolute atomic E-state index is 4.55. The zero-order chi connectivity index (χ0) is 14.8. The SMILES string of the molecule is c1cnc2ncnc(N3CCCN(C4CCSC4)CC3)c2c1. The van der Waals surface area contributed by atoms with Crippen molar-refractivity contribution < 1.29 is 0 Å². The van der Waals surface area contributed by atoms with Crippen molar-refractivity contribution in [3.8, 4) is 0 Å². The third-order valence-electron chi connectivity index (χ3n) is 4.64. The Balaban J connectivity index is 1.55. The minimum absolute atomic E-state index is 0.786. The molecule has 22 heavy (non-hydrogen) atoms. The molecule has 4 heterocycles. The maximum Gasteiger partial charge on any atom is 0.164 e. The normalized spacial score (nSPS) is 23.8. The van der Waals surface area contributed by atoms with Crippen LogP contribution in [0.1, 0.15) is 12.8 Å². The van der Waals surface area contributed by atoms with Gasteiger partial charge in [0.05, 0.1) is 5.39 Å². The average Bonchev–Trinajstić information content (AvgIpc) is 2.99. The first-order valence-corrected chi connectivity index (χ1v) is 9.20. The van der Waals surface area contributed by atoms with E-state index in [2.05, 4.69) is 42.6 Å². The maximum atomic E-state index is 4.55. The number of pyridine rings is 1. The lowest BCUT2D eigenvalue weighted by molar-refractivity contribution is 0.228. The van der Waals surface area contributed by atoms with Gasteiger partial charge >= 0.3 is 0 Å². The standard InChI is InChI=1S/C16H21N5S/c1-3-14-15(17-5-1)18-12-19-16(14)21-7-2-6-20(8-9-21)13-4-10-22-11-13/h1,3,5,12-13H,2,4,6-11H2. The summed E-state index contributed by atoms with van der Waals surface area (Å²) in [5.41, 5.74) is 0.792. The number of nitrogens with zero attached hydrogens (tertiary/aromatic N) is 5. The van der Waals surface area contributed by atoms with Crippen LogP contribution in [0.5, 0.6) is 0 Å². The fourth-order valence-electron chi connectivity index (χ4n) is 3.46. The third kappa shape index (κ3) is 2.77. The van der Waals surface area contributed by atoms with Crippen molar-refractivity contribution >= 4 is 28.6 Å². The van der Waals surface area contributed by atoms with E-state index in [1.165, 1.54) is 30.9 Å². The minimum Gasteiger partial charge on any atom is -0.355 e. The van der Waals surface area contributed by atoms with E-state index in [1.807, 2.05) is 6.07 Å². The lowest BCUT2D eigenvalue weighted by atomic mass is 10.2. The van der Waals surface area contributed by atoms with Crippen LogP contribution >= 0.6 is 11.8 Å². The van der Waals surface area contributed by atoms with E-state index in [4.69, 9.17) is 0 Å². The predicted octanol–water partition coefficient (Wildman–Crippen LogP) is 2.04.